The van der Waals surface area contributed by atoms with E-state index in [2.05, 4.69) is 11.1 Å². The summed E-state index contributed by atoms with van der Waals surface area (Å²) in [7, 11) is 0. The number of rotatable bonds is 1. The molecule has 0 aromatic carbocycles. The second-order valence-corrected chi connectivity index (χ2v) is 3.06. The SMILES string of the molecule is Nc1cccnc1C1=CCCC1. The number of pyridine rings is 1. The Hall–Kier alpha value is -1.31. The maximum Gasteiger partial charge on any atom is 0.0887 e. The molecular weight excluding hydrogens is 148 g/mol. The van der Waals surface area contributed by atoms with Crippen molar-refractivity contribution in [3.63, 3.8) is 0 Å². The molecular formula is C10H12N2. The second kappa shape index (κ2) is 2.97. The van der Waals surface area contributed by atoms with E-state index in [4.69, 9.17) is 5.73 Å². The maximum atomic E-state index is 5.80. The standard InChI is InChI=1S/C10H12N2/c11-9-6-3-7-12-10(9)8-4-1-2-5-8/h3-4,6-7H,1-2,5,11H2. The molecule has 0 radical (unpaired) electrons. The van der Waals surface area contributed by atoms with Gasteiger partial charge >= 0.3 is 0 Å². The third kappa shape index (κ3) is 1.20. The largest absolute Gasteiger partial charge is 0.397 e. The zero-order chi connectivity index (χ0) is 8.39. The lowest BCUT2D eigenvalue weighted by Crippen LogP contribution is -1.94. The first-order valence-corrected chi connectivity index (χ1v) is 4.28. The van der Waals surface area contributed by atoms with Gasteiger partial charge in [0.2, 0.25) is 0 Å². The van der Waals surface area contributed by atoms with E-state index >= 15 is 0 Å². The van der Waals surface area contributed by atoms with Crippen molar-refractivity contribution in [2.24, 2.45) is 0 Å². The van der Waals surface area contributed by atoms with Crippen LogP contribution in [0.3, 0.4) is 0 Å². The van der Waals surface area contributed by atoms with Gasteiger partial charge in [0, 0.05) is 6.20 Å². The lowest BCUT2D eigenvalue weighted by molar-refractivity contribution is 0.933. The van der Waals surface area contributed by atoms with Crippen LogP contribution in [0, 0.1) is 0 Å². The smallest absolute Gasteiger partial charge is 0.0887 e. The molecule has 0 unspecified atom stereocenters. The fourth-order valence-electron chi connectivity index (χ4n) is 1.57. The van der Waals surface area contributed by atoms with Crippen molar-refractivity contribution in [1.29, 1.82) is 0 Å². The van der Waals surface area contributed by atoms with Crippen LogP contribution >= 0.6 is 0 Å². The van der Waals surface area contributed by atoms with Crippen LogP contribution in [-0.2, 0) is 0 Å². The zero-order valence-corrected chi connectivity index (χ0v) is 6.96. The summed E-state index contributed by atoms with van der Waals surface area (Å²) in [6.07, 6.45) is 7.57. The minimum atomic E-state index is 0.797. The number of nitrogen functional groups attached to an aromatic ring is 1. The number of nitrogens with two attached hydrogens (primary N) is 1. The summed E-state index contributed by atoms with van der Waals surface area (Å²) in [6, 6.07) is 3.77. The molecule has 0 spiro atoms. The average Bonchev–Trinajstić information content (AvgIpc) is 2.57. The average molecular weight is 160 g/mol. The molecule has 12 heavy (non-hydrogen) atoms. The Morgan fingerprint density at radius 1 is 1.42 bits per heavy atom. The van der Waals surface area contributed by atoms with Gasteiger partial charge in [-0.2, -0.15) is 0 Å². The second-order valence-electron chi connectivity index (χ2n) is 3.06. The monoisotopic (exact) mass is 160 g/mol. The van der Waals surface area contributed by atoms with Gasteiger partial charge in [-0.25, -0.2) is 0 Å². The first-order valence-electron chi connectivity index (χ1n) is 4.28. The summed E-state index contributed by atoms with van der Waals surface area (Å²) < 4.78 is 0. The summed E-state index contributed by atoms with van der Waals surface area (Å²) in [4.78, 5) is 4.27. The van der Waals surface area contributed by atoms with Gasteiger partial charge in [-0.3, -0.25) is 4.98 Å². The molecule has 2 rings (SSSR count). The first-order chi connectivity index (χ1) is 5.88. The molecule has 2 nitrogen and oxygen atoms in total. The van der Waals surface area contributed by atoms with Gasteiger partial charge in [-0.15, -0.1) is 0 Å². The predicted octanol–water partition coefficient (Wildman–Crippen LogP) is 2.23. The van der Waals surface area contributed by atoms with E-state index in [1.54, 1.807) is 6.20 Å². The normalized spacial score (nSPS) is 16.2. The molecule has 1 aromatic rings. The quantitative estimate of drug-likeness (QED) is 0.684. The fourth-order valence-corrected chi connectivity index (χ4v) is 1.57. The third-order valence-corrected chi connectivity index (χ3v) is 2.18. The van der Waals surface area contributed by atoms with Crippen molar-refractivity contribution >= 4 is 11.3 Å². The van der Waals surface area contributed by atoms with Crippen LogP contribution in [0.1, 0.15) is 25.0 Å². The number of allylic oxidation sites excluding steroid dienone is 2. The van der Waals surface area contributed by atoms with Gasteiger partial charge in [0.05, 0.1) is 11.4 Å². The molecule has 2 N–H and O–H groups in total. The van der Waals surface area contributed by atoms with E-state index in [0.717, 1.165) is 17.8 Å². The molecule has 1 aliphatic rings. The minimum Gasteiger partial charge on any atom is -0.397 e. The van der Waals surface area contributed by atoms with E-state index in [9.17, 15) is 0 Å². The molecule has 0 fully saturated rings. The third-order valence-electron chi connectivity index (χ3n) is 2.18. The van der Waals surface area contributed by atoms with Crippen molar-refractivity contribution in [2.75, 3.05) is 5.73 Å². The number of hydrogen-bond donors (Lipinski definition) is 1. The number of nitrogens with zero attached hydrogens (tertiary/aromatic N) is 1. The van der Waals surface area contributed by atoms with Crippen molar-refractivity contribution in [3.8, 4) is 0 Å². The maximum absolute atomic E-state index is 5.80. The van der Waals surface area contributed by atoms with Gasteiger partial charge in [-0.1, -0.05) is 6.08 Å². The molecule has 1 aromatic heterocycles. The van der Waals surface area contributed by atoms with Crippen LogP contribution in [0.5, 0.6) is 0 Å². The lowest BCUT2D eigenvalue weighted by atomic mass is 10.1. The number of aromatic nitrogens is 1. The Bertz CT molecular complexity index is 315. The Kier molecular flexibility index (Phi) is 1.82. The summed E-state index contributed by atoms with van der Waals surface area (Å²) >= 11 is 0. The van der Waals surface area contributed by atoms with Crippen molar-refractivity contribution < 1.29 is 0 Å². The molecule has 1 heterocycles. The van der Waals surface area contributed by atoms with Crippen LogP contribution in [0.15, 0.2) is 24.4 Å². The Morgan fingerprint density at radius 3 is 3.00 bits per heavy atom. The molecule has 2 heteroatoms. The van der Waals surface area contributed by atoms with E-state index in [1.807, 2.05) is 12.1 Å². The van der Waals surface area contributed by atoms with Gasteiger partial charge < -0.3 is 5.73 Å². The zero-order valence-electron chi connectivity index (χ0n) is 6.96. The highest BCUT2D eigenvalue weighted by Gasteiger charge is 2.10. The highest BCUT2D eigenvalue weighted by molar-refractivity contribution is 5.72. The molecule has 0 bridgehead atoms. The van der Waals surface area contributed by atoms with Crippen molar-refractivity contribution in [2.45, 2.75) is 19.3 Å². The number of anilines is 1. The minimum absolute atomic E-state index is 0.797. The Labute approximate surface area is 72.1 Å². The van der Waals surface area contributed by atoms with Crippen LogP contribution in [0.2, 0.25) is 0 Å². The fraction of sp³-hybridized carbons (Fsp3) is 0.300. The van der Waals surface area contributed by atoms with E-state index < -0.39 is 0 Å². The van der Waals surface area contributed by atoms with Crippen molar-refractivity contribution in [3.05, 3.63) is 30.1 Å². The first kappa shape index (κ1) is 7.35. The summed E-state index contributed by atoms with van der Waals surface area (Å²) in [6.45, 7) is 0. The Balaban J connectivity index is 2.39. The topological polar surface area (TPSA) is 38.9 Å². The molecule has 0 atom stereocenters. The molecule has 0 amide bonds. The lowest BCUT2D eigenvalue weighted by Gasteiger charge is -2.03. The summed E-state index contributed by atoms with van der Waals surface area (Å²) in [5.41, 5.74) is 8.89. The van der Waals surface area contributed by atoms with E-state index in [-0.39, 0.29) is 0 Å². The van der Waals surface area contributed by atoms with Gasteiger partial charge in [-0.05, 0) is 37.0 Å². The summed E-state index contributed by atoms with van der Waals surface area (Å²) in [5.74, 6) is 0. The van der Waals surface area contributed by atoms with Crippen LogP contribution < -0.4 is 5.73 Å². The molecule has 62 valence electrons. The Morgan fingerprint density at radius 2 is 2.33 bits per heavy atom. The van der Waals surface area contributed by atoms with Crippen LogP contribution in [-0.4, -0.2) is 4.98 Å². The van der Waals surface area contributed by atoms with Gasteiger partial charge in [0.15, 0.2) is 0 Å². The highest BCUT2D eigenvalue weighted by Crippen LogP contribution is 2.28. The molecule has 0 saturated carbocycles. The van der Waals surface area contributed by atoms with Crippen LogP contribution in [0.4, 0.5) is 5.69 Å². The van der Waals surface area contributed by atoms with Crippen molar-refractivity contribution in [1.82, 2.24) is 4.98 Å². The summed E-state index contributed by atoms with van der Waals surface area (Å²) in [5, 5.41) is 0. The highest BCUT2D eigenvalue weighted by atomic mass is 14.7. The number of hydrogen-bond acceptors (Lipinski definition) is 2. The molecule has 0 aliphatic heterocycles. The molecule has 0 saturated heterocycles. The molecule has 1 aliphatic carbocycles. The van der Waals surface area contributed by atoms with Gasteiger partial charge in [0.25, 0.3) is 0 Å². The van der Waals surface area contributed by atoms with E-state index in [0.29, 0.717) is 0 Å². The van der Waals surface area contributed by atoms with Gasteiger partial charge in [0.1, 0.15) is 0 Å². The predicted molar refractivity (Wildman–Crippen MR) is 50.5 cm³/mol. The van der Waals surface area contributed by atoms with Crippen LogP contribution in [0.25, 0.3) is 5.57 Å². The van der Waals surface area contributed by atoms with E-state index in [1.165, 1.54) is 18.4 Å².